The summed E-state index contributed by atoms with van der Waals surface area (Å²) in [6.07, 6.45) is 3.39. The molecule has 0 radical (unpaired) electrons. The molecule has 1 rings (SSSR count). The second-order valence-electron chi connectivity index (χ2n) is 4.23. The summed E-state index contributed by atoms with van der Waals surface area (Å²) in [4.78, 5) is 2.53. The van der Waals surface area contributed by atoms with Crippen LogP contribution in [0.15, 0.2) is 0 Å². The van der Waals surface area contributed by atoms with E-state index in [1.54, 1.807) is 0 Å². The molecule has 2 heteroatoms. The molecular formula is C11H23NO. The van der Waals surface area contributed by atoms with Gasteiger partial charge in [0.2, 0.25) is 0 Å². The standard InChI is InChI=1S/C11H23NO/c1-5-12-8-6-7-11(12)10(4)13-9(2)3/h9-11H,5-8H2,1-4H3/t10-,11+/m0/s1. The third kappa shape index (κ3) is 2.96. The van der Waals surface area contributed by atoms with Crippen molar-refractivity contribution in [1.29, 1.82) is 0 Å². The van der Waals surface area contributed by atoms with E-state index in [2.05, 4.69) is 32.6 Å². The van der Waals surface area contributed by atoms with Crippen molar-refractivity contribution >= 4 is 0 Å². The Kier molecular flexibility index (Phi) is 4.20. The maximum atomic E-state index is 5.82. The summed E-state index contributed by atoms with van der Waals surface area (Å²) in [6, 6.07) is 0.660. The van der Waals surface area contributed by atoms with Crippen LogP contribution in [0.1, 0.15) is 40.5 Å². The molecule has 2 atom stereocenters. The molecule has 0 aromatic rings. The molecule has 0 aromatic heterocycles. The minimum atomic E-state index is 0.356. The molecule has 0 unspecified atom stereocenters. The maximum absolute atomic E-state index is 5.82. The molecule has 1 heterocycles. The van der Waals surface area contributed by atoms with Crippen LogP contribution in [0.5, 0.6) is 0 Å². The van der Waals surface area contributed by atoms with Crippen molar-refractivity contribution in [3.05, 3.63) is 0 Å². The van der Waals surface area contributed by atoms with Gasteiger partial charge in [-0.25, -0.2) is 0 Å². The van der Waals surface area contributed by atoms with Gasteiger partial charge in [-0.3, -0.25) is 4.90 Å². The highest BCUT2D eigenvalue weighted by atomic mass is 16.5. The average Bonchev–Trinajstić information content (AvgIpc) is 2.49. The SMILES string of the molecule is CCN1CCC[C@@H]1[C@H](C)OC(C)C. The largest absolute Gasteiger partial charge is 0.374 e. The van der Waals surface area contributed by atoms with Crippen LogP contribution in [-0.4, -0.2) is 36.2 Å². The third-order valence-electron chi connectivity index (χ3n) is 2.85. The minimum absolute atomic E-state index is 0.356. The number of ether oxygens (including phenoxy) is 1. The van der Waals surface area contributed by atoms with E-state index in [1.165, 1.54) is 19.4 Å². The van der Waals surface area contributed by atoms with Gasteiger partial charge in [0, 0.05) is 6.04 Å². The van der Waals surface area contributed by atoms with E-state index < -0.39 is 0 Å². The molecule has 1 saturated heterocycles. The average molecular weight is 185 g/mol. The predicted molar refractivity (Wildman–Crippen MR) is 56.0 cm³/mol. The lowest BCUT2D eigenvalue weighted by Crippen LogP contribution is -2.39. The summed E-state index contributed by atoms with van der Waals surface area (Å²) in [7, 11) is 0. The van der Waals surface area contributed by atoms with E-state index in [1.807, 2.05) is 0 Å². The Bertz CT molecular complexity index is 147. The van der Waals surface area contributed by atoms with Crippen molar-refractivity contribution < 1.29 is 4.74 Å². The first-order valence-corrected chi connectivity index (χ1v) is 5.54. The van der Waals surface area contributed by atoms with E-state index in [4.69, 9.17) is 4.74 Å². The summed E-state index contributed by atoms with van der Waals surface area (Å²) < 4.78 is 5.82. The fourth-order valence-electron chi connectivity index (χ4n) is 2.30. The zero-order chi connectivity index (χ0) is 9.84. The molecule has 1 fully saturated rings. The highest BCUT2D eigenvalue weighted by Crippen LogP contribution is 2.21. The highest BCUT2D eigenvalue weighted by Gasteiger charge is 2.28. The van der Waals surface area contributed by atoms with Crippen molar-refractivity contribution in [2.75, 3.05) is 13.1 Å². The second kappa shape index (κ2) is 4.97. The second-order valence-corrected chi connectivity index (χ2v) is 4.23. The summed E-state index contributed by atoms with van der Waals surface area (Å²) in [5.74, 6) is 0. The lowest BCUT2D eigenvalue weighted by molar-refractivity contribution is -0.0239. The summed E-state index contributed by atoms with van der Waals surface area (Å²) in [5, 5.41) is 0. The van der Waals surface area contributed by atoms with E-state index in [9.17, 15) is 0 Å². The number of rotatable bonds is 4. The Morgan fingerprint density at radius 1 is 1.38 bits per heavy atom. The van der Waals surface area contributed by atoms with Gasteiger partial charge in [-0.1, -0.05) is 6.92 Å². The summed E-state index contributed by atoms with van der Waals surface area (Å²) in [6.45, 7) is 11.1. The lowest BCUT2D eigenvalue weighted by Gasteiger charge is -2.29. The first kappa shape index (κ1) is 11.0. The number of likely N-dealkylation sites (tertiary alicyclic amines) is 1. The van der Waals surface area contributed by atoms with Crippen LogP contribution in [-0.2, 0) is 4.74 Å². The van der Waals surface area contributed by atoms with E-state index >= 15 is 0 Å². The van der Waals surface area contributed by atoms with Crippen LogP contribution in [0.25, 0.3) is 0 Å². The first-order valence-electron chi connectivity index (χ1n) is 5.54. The Morgan fingerprint density at radius 3 is 2.62 bits per heavy atom. The van der Waals surface area contributed by atoms with Crippen molar-refractivity contribution in [3.63, 3.8) is 0 Å². The van der Waals surface area contributed by atoms with Crippen molar-refractivity contribution in [3.8, 4) is 0 Å². The maximum Gasteiger partial charge on any atom is 0.0705 e. The van der Waals surface area contributed by atoms with Gasteiger partial charge in [0.15, 0.2) is 0 Å². The fourth-order valence-corrected chi connectivity index (χ4v) is 2.30. The van der Waals surface area contributed by atoms with Crippen LogP contribution in [0.3, 0.4) is 0 Å². The molecule has 0 spiro atoms. The number of likely N-dealkylation sites (N-methyl/N-ethyl adjacent to an activating group) is 1. The topological polar surface area (TPSA) is 12.5 Å². The zero-order valence-electron chi connectivity index (χ0n) is 9.42. The van der Waals surface area contributed by atoms with Crippen LogP contribution in [0, 0.1) is 0 Å². The van der Waals surface area contributed by atoms with Gasteiger partial charge in [0.25, 0.3) is 0 Å². The third-order valence-corrected chi connectivity index (χ3v) is 2.85. The molecule has 0 N–H and O–H groups in total. The number of nitrogens with zero attached hydrogens (tertiary/aromatic N) is 1. The van der Waals surface area contributed by atoms with Crippen LogP contribution in [0.4, 0.5) is 0 Å². The number of hydrogen-bond donors (Lipinski definition) is 0. The Morgan fingerprint density at radius 2 is 2.08 bits per heavy atom. The van der Waals surface area contributed by atoms with Crippen LogP contribution < -0.4 is 0 Å². The van der Waals surface area contributed by atoms with Gasteiger partial charge in [0.1, 0.15) is 0 Å². The van der Waals surface area contributed by atoms with E-state index in [0.29, 0.717) is 18.2 Å². The van der Waals surface area contributed by atoms with Gasteiger partial charge >= 0.3 is 0 Å². The molecule has 78 valence electrons. The van der Waals surface area contributed by atoms with Gasteiger partial charge in [-0.05, 0) is 46.7 Å². The smallest absolute Gasteiger partial charge is 0.0705 e. The molecule has 0 amide bonds. The molecule has 0 aliphatic carbocycles. The van der Waals surface area contributed by atoms with Gasteiger partial charge in [-0.15, -0.1) is 0 Å². The van der Waals surface area contributed by atoms with Crippen molar-refractivity contribution in [1.82, 2.24) is 4.90 Å². The van der Waals surface area contributed by atoms with Gasteiger partial charge in [0.05, 0.1) is 12.2 Å². The Labute approximate surface area is 82.3 Å². The molecular weight excluding hydrogens is 162 g/mol. The van der Waals surface area contributed by atoms with Gasteiger partial charge in [-0.2, -0.15) is 0 Å². The molecule has 0 aromatic carbocycles. The molecule has 2 nitrogen and oxygen atoms in total. The highest BCUT2D eigenvalue weighted by molar-refractivity contribution is 4.83. The van der Waals surface area contributed by atoms with Gasteiger partial charge < -0.3 is 4.74 Å². The van der Waals surface area contributed by atoms with Crippen LogP contribution in [0.2, 0.25) is 0 Å². The van der Waals surface area contributed by atoms with E-state index in [-0.39, 0.29) is 0 Å². The normalized spacial score (nSPS) is 27.0. The summed E-state index contributed by atoms with van der Waals surface area (Å²) >= 11 is 0. The molecule has 0 saturated carbocycles. The van der Waals surface area contributed by atoms with Crippen molar-refractivity contribution in [2.24, 2.45) is 0 Å². The zero-order valence-corrected chi connectivity index (χ0v) is 9.42. The minimum Gasteiger partial charge on any atom is -0.374 e. The molecule has 1 aliphatic heterocycles. The number of hydrogen-bond acceptors (Lipinski definition) is 2. The monoisotopic (exact) mass is 185 g/mol. The molecule has 1 aliphatic rings. The Hall–Kier alpha value is -0.0800. The van der Waals surface area contributed by atoms with E-state index in [0.717, 1.165) is 6.54 Å². The fraction of sp³-hybridized carbons (Fsp3) is 1.00. The predicted octanol–water partition coefficient (Wildman–Crippen LogP) is 2.28. The summed E-state index contributed by atoms with van der Waals surface area (Å²) in [5.41, 5.74) is 0. The molecule has 0 bridgehead atoms. The van der Waals surface area contributed by atoms with Crippen molar-refractivity contribution in [2.45, 2.75) is 58.8 Å². The first-order chi connectivity index (χ1) is 6.15. The van der Waals surface area contributed by atoms with Crippen LogP contribution >= 0.6 is 0 Å². The quantitative estimate of drug-likeness (QED) is 0.666. The Balaban J connectivity index is 2.40. The molecule has 13 heavy (non-hydrogen) atoms. The lowest BCUT2D eigenvalue weighted by atomic mass is 10.1.